The van der Waals surface area contributed by atoms with E-state index in [0.717, 1.165) is 32.1 Å². The van der Waals surface area contributed by atoms with Crippen LogP contribution in [0.15, 0.2) is 0 Å². The molecule has 2 N–H and O–H groups in total. The maximum Gasteiger partial charge on any atom is 0.253 e. The fourth-order valence-electron chi connectivity index (χ4n) is 2.32. The fourth-order valence-corrected chi connectivity index (χ4v) is 2.32. The van der Waals surface area contributed by atoms with Gasteiger partial charge in [-0.05, 0) is 18.8 Å². The fraction of sp³-hybridized carbons (Fsp3) is 0.917. The predicted molar refractivity (Wildman–Crippen MR) is 80.1 cm³/mol. The highest BCUT2D eigenvalue weighted by molar-refractivity contribution is 5.85. The molecule has 1 saturated heterocycles. The molecule has 0 radical (unpaired) electrons. The van der Waals surface area contributed by atoms with E-state index < -0.39 is 6.10 Å². The zero-order valence-corrected chi connectivity index (χ0v) is 13.0. The van der Waals surface area contributed by atoms with Gasteiger partial charge in [0.15, 0.2) is 0 Å². The first kappa shape index (κ1) is 18.9. The van der Waals surface area contributed by atoms with Crippen molar-refractivity contribution in [3.8, 4) is 0 Å². The molecular formula is C12H25Cl2N3O2. The van der Waals surface area contributed by atoms with E-state index in [1.54, 1.807) is 7.11 Å². The number of rotatable bonds is 5. The van der Waals surface area contributed by atoms with Gasteiger partial charge in [0.25, 0.3) is 5.91 Å². The molecule has 0 aromatic heterocycles. The molecule has 0 spiro atoms. The highest BCUT2D eigenvalue weighted by Gasteiger charge is 2.29. The molecule has 1 saturated carbocycles. The summed E-state index contributed by atoms with van der Waals surface area (Å²) in [5.41, 5.74) is 5.51. The summed E-state index contributed by atoms with van der Waals surface area (Å²) < 4.78 is 5.09. The topological polar surface area (TPSA) is 58.8 Å². The Morgan fingerprint density at radius 2 is 1.84 bits per heavy atom. The molecule has 1 aliphatic carbocycles. The molecule has 0 aromatic carbocycles. The summed E-state index contributed by atoms with van der Waals surface area (Å²) in [6.45, 7) is 5.08. The number of nitrogens with zero attached hydrogens (tertiary/aromatic N) is 2. The van der Waals surface area contributed by atoms with Crippen LogP contribution in [0.25, 0.3) is 0 Å². The summed E-state index contributed by atoms with van der Waals surface area (Å²) in [6.07, 6.45) is 2.31. The largest absolute Gasteiger partial charge is 0.370 e. The Kier molecular flexibility index (Phi) is 8.94. The second-order valence-corrected chi connectivity index (χ2v) is 5.03. The van der Waals surface area contributed by atoms with E-state index in [4.69, 9.17) is 10.5 Å². The number of halogens is 2. The van der Waals surface area contributed by atoms with Crippen LogP contribution in [0.3, 0.4) is 0 Å². The van der Waals surface area contributed by atoms with E-state index in [-0.39, 0.29) is 37.3 Å². The van der Waals surface area contributed by atoms with Gasteiger partial charge in [0, 0.05) is 46.4 Å². The molecule has 1 heterocycles. The molecule has 5 nitrogen and oxygen atoms in total. The van der Waals surface area contributed by atoms with Crippen molar-refractivity contribution in [2.45, 2.75) is 18.9 Å². The van der Waals surface area contributed by atoms with Gasteiger partial charge >= 0.3 is 0 Å². The van der Waals surface area contributed by atoms with Gasteiger partial charge in [-0.1, -0.05) is 0 Å². The van der Waals surface area contributed by atoms with Crippen LogP contribution in [-0.4, -0.2) is 68.2 Å². The monoisotopic (exact) mass is 313 g/mol. The maximum atomic E-state index is 12.0. The number of piperazine rings is 1. The van der Waals surface area contributed by atoms with E-state index >= 15 is 0 Å². The molecule has 2 aliphatic rings. The molecule has 7 heteroatoms. The molecule has 1 atom stereocenters. The summed E-state index contributed by atoms with van der Waals surface area (Å²) in [5, 5.41) is 0. The molecule has 1 unspecified atom stereocenters. The minimum atomic E-state index is -0.468. The van der Waals surface area contributed by atoms with Crippen molar-refractivity contribution >= 4 is 30.7 Å². The number of methoxy groups -OCH3 is 1. The van der Waals surface area contributed by atoms with Crippen LogP contribution < -0.4 is 5.73 Å². The number of nitrogens with two attached hydrogens (primary N) is 1. The predicted octanol–water partition coefficient (Wildman–Crippen LogP) is 0.358. The van der Waals surface area contributed by atoms with Crippen molar-refractivity contribution in [1.82, 2.24) is 9.80 Å². The van der Waals surface area contributed by atoms with Gasteiger partial charge in [-0.25, -0.2) is 0 Å². The first-order valence-corrected chi connectivity index (χ1v) is 6.48. The quantitative estimate of drug-likeness (QED) is 0.796. The Balaban J connectivity index is 0.00000162. The number of ether oxygens (including phenoxy) is 1. The van der Waals surface area contributed by atoms with Crippen LogP contribution >= 0.6 is 24.8 Å². The highest BCUT2D eigenvalue weighted by atomic mass is 35.5. The van der Waals surface area contributed by atoms with Crippen LogP contribution in [-0.2, 0) is 9.53 Å². The van der Waals surface area contributed by atoms with Gasteiger partial charge in [0.1, 0.15) is 6.10 Å². The first-order valence-electron chi connectivity index (χ1n) is 6.48. The summed E-state index contributed by atoms with van der Waals surface area (Å²) in [5.74, 6) is 0.967. The second-order valence-electron chi connectivity index (χ2n) is 5.03. The number of amides is 1. The second kappa shape index (κ2) is 8.97. The molecule has 19 heavy (non-hydrogen) atoms. The van der Waals surface area contributed by atoms with E-state index in [1.807, 2.05) is 4.90 Å². The minimum Gasteiger partial charge on any atom is -0.370 e. The van der Waals surface area contributed by atoms with Crippen molar-refractivity contribution < 1.29 is 9.53 Å². The Morgan fingerprint density at radius 1 is 1.26 bits per heavy atom. The Labute approximate surface area is 127 Å². The smallest absolute Gasteiger partial charge is 0.253 e. The summed E-state index contributed by atoms with van der Waals surface area (Å²) in [4.78, 5) is 16.3. The van der Waals surface area contributed by atoms with E-state index in [9.17, 15) is 4.79 Å². The van der Waals surface area contributed by atoms with Crippen LogP contribution in [0, 0.1) is 5.92 Å². The lowest BCUT2D eigenvalue weighted by molar-refractivity contribution is -0.143. The molecule has 2 rings (SSSR count). The highest BCUT2D eigenvalue weighted by Crippen LogP contribution is 2.29. The molecule has 2 fully saturated rings. The summed E-state index contributed by atoms with van der Waals surface area (Å²) >= 11 is 0. The molecule has 0 aromatic rings. The zero-order valence-electron chi connectivity index (χ0n) is 11.4. The molecule has 1 amide bonds. The lowest BCUT2D eigenvalue weighted by Crippen LogP contribution is -2.53. The zero-order chi connectivity index (χ0) is 12.3. The van der Waals surface area contributed by atoms with Gasteiger partial charge in [0.2, 0.25) is 0 Å². The lowest BCUT2D eigenvalue weighted by Gasteiger charge is -2.36. The number of carbonyl (C=O) groups excluding carboxylic acids is 1. The lowest BCUT2D eigenvalue weighted by atomic mass is 10.2. The van der Waals surface area contributed by atoms with E-state index in [0.29, 0.717) is 0 Å². The van der Waals surface area contributed by atoms with E-state index in [2.05, 4.69) is 4.90 Å². The average Bonchev–Trinajstić information content (AvgIpc) is 3.15. The van der Waals surface area contributed by atoms with Crippen LogP contribution in [0.1, 0.15) is 12.8 Å². The molecule has 1 aliphatic heterocycles. The number of carbonyl (C=O) groups is 1. The number of hydrogen-bond donors (Lipinski definition) is 1. The standard InChI is InChI=1S/C12H23N3O2.2ClH/c1-17-11(8-13)12(16)15-6-4-14(5-7-15)9-10-2-3-10;;/h10-11H,2-9,13H2,1H3;2*1H. The van der Waals surface area contributed by atoms with E-state index in [1.165, 1.54) is 19.4 Å². The van der Waals surface area contributed by atoms with Gasteiger partial charge in [0.05, 0.1) is 0 Å². The maximum absolute atomic E-state index is 12.0. The number of hydrogen-bond acceptors (Lipinski definition) is 4. The first-order chi connectivity index (χ1) is 8.24. The van der Waals surface area contributed by atoms with Gasteiger partial charge in [-0.15, -0.1) is 24.8 Å². The van der Waals surface area contributed by atoms with Crippen LogP contribution in [0.2, 0.25) is 0 Å². The van der Waals surface area contributed by atoms with Crippen molar-refractivity contribution in [3.63, 3.8) is 0 Å². The SMILES string of the molecule is COC(CN)C(=O)N1CCN(CC2CC2)CC1.Cl.Cl. The molecule has 114 valence electrons. The average molecular weight is 314 g/mol. The van der Waals surface area contributed by atoms with Crippen LogP contribution in [0.4, 0.5) is 0 Å². The Morgan fingerprint density at radius 3 is 2.26 bits per heavy atom. The van der Waals surface area contributed by atoms with Crippen molar-refractivity contribution in [2.75, 3.05) is 46.4 Å². The van der Waals surface area contributed by atoms with Crippen molar-refractivity contribution in [3.05, 3.63) is 0 Å². The van der Waals surface area contributed by atoms with Gasteiger partial charge < -0.3 is 15.4 Å². The third-order valence-electron chi connectivity index (χ3n) is 3.67. The van der Waals surface area contributed by atoms with Gasteiger partial charge in [-0.2, -0.15) is 0 Å². The van der Waals surface area contributed by atoms with Crippen molar-refractivity contribution in [1.29, 1.82) is 0 Å². The third kappa shape index (κ3) is 5.44. The summed E-state index contributed by atoms with van der Waals surface area (Å²) in [7, 11) is 1.54. The minimum absolute atomic E-state index is 0. The third-order valence-corrected chi connectivity index (χ3v) is 3.67. The molecular weight excluding hydrogens is 289 g/mol. The normalized spacial score (nSPS) is 21.3. The van der Waals surface area contributed by atoms with Crippen molar-refractivity contribution in [2.24, 2.45) is 11.7 Å². The Hall–Kier alpha value is -0.0700. The molecule has 0 bridgehead atoms. The van der Waals surface area contributed by atoms with Crippen LogP contribution in [0.5, 0.6) is 0 Å². The Bertz CT molecular complexity index is 266. The van der Waals surface area contributed by atoms with Gasteiger partial charge in [-0.3, -0.25) is 9.69 Å². The summed E-state index contributed by atoms with van der Waals surface area (Å²) in [6, 6.07) is 0.